The van der Waals surface area contributed by atoms with Crippen LogP contribution in [0.3, 0.4) is 0 Å². The third-order valence-corrected chi connectivity index (χ3v) is 4.21. The minimum Gasteiger partial charge on any atom is -0.361 e. The second-order valence-electron chi connectivity index (χ2n) is 6.80. The van der Waals surface area contributed by atoms with Crippen LogP contribution in [0.5, 0.6) is 0 Å². The predicted octanol–water partition coefficient (Wildman–Crippen LogP) is 3.07. The molecule has 1 fully saturated rings. The number of hydrogen-bond acceptors (Lipinski definition) is 4. The van der Waals surface area contributed by atoms with Gasteiger partial charge in [-0.1, -0.05) is 44.7 Å². The largest absolute Gasteiger partial charge is 0.361 e. The minimum absolute atomic E-state index is 0.113. The van der Waals surface area contributed by atoms with Crippen LogP contribution < -0.4 is 5.32 Å². The Morgan fingerprint density at radius 2 is 2.05 bits per heavy atom. The molecular formula is C17H29N3O2. The van der Waals surface area contributed by atoms with E-state index in [1.54, 1.807) is 0 Å². The molecule has 1 aromatic heterocycles. The maximum Gasteiger partial charge on any atom is 0.234 e. The summed E-state index contributed by atoms with van der Waals surface area (Å²) in [5, 5.41) is 7.24. The van der Waals surface area contributed by atoms with Crippen LogP contribution in [0.2, 0.25) is 0 Å². The van der Waals surface area contributed by atoms with Gasteiger partial charge < -0.3 is 9.84 Å². The average molecular weight is 307 g/mol. The van der Waals surface area contributed by atoms with Crippen LogP contribution in [0.15, 0.2) is 10.6 Å². The molecule has 0 unspecified atom stereocenters. The number of nitrogens with one attached hydrogen (secondary N) is 1. The lowest BCUT2D eigenvalue weighted by atomic mass is 10.1. The van der Waals surface area contributed by atoms with Gasteiger partial charge in [0, 0.05) is 24.6 Å². The second-order valence-corrected chi connectivity index (χ2v) is 6.80. The van der Waals surface area contributed by atoms with Crippen molar-refractivity contribution < 1.29 is 9.32 Å². The van der Waals surface area contributed by atoms with Crippen molar-refractivity contribution in [1.29, 1.82) is 0 Å². The highest BCUT2D eigenvalue weighted by Crippen LogP contribution is 2.17. The van der Waals surface area contributed by atoms with Crippen molar-refractivity contribution in [3.05, 3.63) is 17.5 Å². The maximum absolute atomic E-state index is 12.1. The van der Waals surface area contributed by atoms with Crippen molar-refractivity contribution in [2.24, 2.45) is 0 Å². The fourth-order valence-corrected chi connectivity index (χ4v) is 2.95. The molecule has 0 aliphatic heterocycles. The number of nitrogens with zero attached hydrogens (tertiary/aromatic N) is 2. The first-order chi connectivity index (χ1) is 10.5. The topological polar surface area (TPSA) is 58.4 Å². The third kappa shape index (κ3) is 5.44. The van der Waals surface area contributed by atoms with Crippen molar-refractivity contribution in [2.75, 3.05) is 13.6 Å². The predicted molar refractivity (Wildman–Crippen MR) is 86.6 cm³/mol. The molecule has 0 atom stereocenters. The van der Waals surface area contributed by atoms with Gasteiger partial charge >= 0.3 is 0 Å². The fourth-order valence-electron chi connectivity index (χ4n) is 2.95. The highest BCUT2D eigenvalue weighted by Gasteiger charge is 2.16. The van der Waals surface area contributed by atoms with Gasteiger partial charge in [0.2, 0.25) is 5.91 Å². The third-order valence-electron chi connectivity index (χ3n) is 4.21. The van der Waals surface area contributed by atoms with E-state index in [1.807, 2.05) is 18.0 Å². The van der Waals surface area contributed by atoms with Gasteiger partial charge in [-0.25, -0.2) is 0 Å². The van der Waals surface area contributed by atoms with Crippen molar-refractivity contribution in [2.45, 2.75) is 70.9 Å². The van der Waals surface area contributed by atoms with Crippen LogP contribution in [-0.2, 0) is 11.3 Å². The Labute approximate surface area is 133 Å². The monoisotopic (exact) mass is 307 g/mol. The Kier molecular flexibility index (Phi) is 6.43. The summed E-state index contributed by atoms with van der Waals surface area (Å²) >= 11 is 0. The lowest BCUT2D eigenvalue weighted by Gasteiger charge is -2.19. The lowest BCUT2D eigenvalue weighted by molar-refractivity contribution is -0.122. The van der Waals surface area contributed by atoms with E-state index in [4.69, 9.17) is 4.52 Å². The number of hydrogen-bond donors (Lipinski definition) is 1. The molecule has 0 spiro atoms. The summed E-state index contributed by atoms with van der Waals surface area (Å²) in [5.41, 5.74) is 0.883. The molecule has 1 aliphatic carbocycles. The quantitative estimate of drug-likeness (QED) is 0.821. The zero-order valence-corrected chi connectivity index (χ0v) is 14.1. The molecular weight excluding hydrogens is 278 g/mol. The fraction of sp³-hybridized carbons (Fsp3) is 0.765. The first-order valence-electron chi connectivity index (χ1n) is 8.48. The molecule has 0 bridgehead atoms. The van der Waals surface area contributed by atoms with E-state index >= 15 is 0 Å². The van der Waals surface area contributed by atoms with Gasteiger partial charge in [0.05, 0.1) is 12.2 Å². The molecule has 5 heteroatoms. The molecule has 1 amide bonds. The summed E-state index contributed by atoms with van der Waals surface area (Å²) in [6.07, 6.45) is 7.32. The molecule has 1 heterocycles. The molecule has 1 aliphatic rings. The van der Waals surface area contributed by atoms with Gasteiger partial charge in [0.1, 0.15) is 5.76 Å². The maximum atomic E-state index is 12.1. The molecule has 22 heavy (non-hydrogen) atoms. The summed E-state index contributed by atoms with van der Waals surface area (Å²) in [5.74, 6) is 1.35. The number of carbonyl (C=O) groups excluding carboxylic acids is 1. The van der Waals surface area contributed by atoms with Crippen molar-refractivity contribution >= 4 is 5.91 Å². The van der Waals surface area contributed by atoms with Gasteiger partial charge in [-0.15, -0.1) is 0 Å². The van der Waals surface area contributed by atoms with Gasteiger partial charge in [0.15, 0.2) is 0 Å². The lowest BCUT2D eigenvalue weighted by Crippen LogP contribution is -2.40. The van der Waals surface area contributed by atoms with Crippen molar-refractivity contribution in [3.8, 4) is 0 Å². The average Bonchev–Trinajstić information content (AvgIpc) is 2.75. The van der Waals surface area contributed by atoms with Crippen LogP contribution in [0.1, 0.15) is 69.7 Å². The van der Waals surface area contributed by atoms with Crippen LogP contribution in [0.25, 0.3) is 0 Å². The van der Waals surface area contributed by atoms with E-state index < -0.39 is 0 Å². The van der Waals surface area contributed by atoms with Gasteiger partial charge in [0.25, 0.3) is 0 Å². The molecule has 5 nitrogen and oxygen atoms in total. The minimum atomic E-state index is 0.113. The SMILES string of the molecule is CC(C)c1cc(CN(C)CC(=O)NC2CCCCCC2)no1. The highest BCUT2D eigenvalue weighted by molar-refractivity contribution is 5.78. The van der Waals surface area contributed by atoms with Crippen LogP contribution >= 0.6 is 0 Å². The van der Waals surface area contributed by atoms with Crippen LogP contribution in [0, 0.1) is 0 Å². The van der Waals surface area contributed by atoms with Crippen molar-refractivity contribution in [3.63, 3.8) is 0 Å². The highest BCUT2D eigenvalue weighted by atomic mass is 16.5. The molecule has 124 valence electrons. The summed E-state index contributed by atoms with van der Waals surface area (Å²) in [6.45, 7) is 5.19. The Balaban J connectivity index is 1.75. The van der Waals surface area contributed by atoms with E-state index in [-0.39, 0.29) is 5.91 Å². The van der Waals surface area contributed by atoms with E-state index in [0.717, 1.165) is 24.3 Å². The molecule has 2 rings (SSSR count). The molecule has 1 saturated carbocycles. The number of carbonyl (C=O) groups is 1. The van der Waals surface area contributed by atoms with Gasteiger partial charge in [-0.2, -0.15) is 0 Å². The number of likely N-dealkylation sites (N-methyl/N-ethyl adjacent to an activating group) is 1. The van der Waals surface area contributed by atoms with Crippen molar-refractivity contribution in [1.82, 2.24) is 15.4 Å². The second kappa shape index (κ2) is 8.32. The number of aromatic nitrogens is 1. The summed E-state index contributed by atoms with van der Waals surface area (Å²) in [7, 11) is 1.94. The smallest absolute Gasteiger partial charge is 0.234 e. The van der Waals surface area contributed by atoms with E-state index in [1.165, 1.54) is 25.7 Å². The number of rotatable bonds is 6. The first-order valence-corrected chi connectivity index (χ1v) is 8.48. The standard InChI is InChI=1S/C17H29N3O2/c1-13(2)16-10-15(19-22-16)11-20(3)12-17(21)18-14-8-6-4-5-7-9-14/h10,13-14H,4-9,11-12H2,1-3H3,(H,18,21). The zero-order chi connectivity index (χ0) is 15.9. The zero-order valence-electron chi connectivity index (χ0n) is 14.1. The Bertz CT molecular complexity index is 462. The summed E-state index contributed by atoms with van der Waals surface area (Å²) in [6, 6.07) is 2.34. The molecule has 0 radical (unpaired) electrons. The summed E-state index contributed by atoms with van der Waals surface area (Å²) < 4.78 is 5.29. The molecule has 1 N–H and O–H groups in total. The van der Waals surface area contributed by atoms with Gasteiger partial charge in [-0.3, -0.25) is 9.69 Å². The van der Waals surface area contributed by atoms with Crippen LogP contribution in [0.4, 0.5) is 0 Å². The molecule has 0 aromatic carbocycles. The Morgan fingerprint density at radius 3 is 2.64 bits per heavy atom. The Morgan fingerprint density at radius 1 is 1.36 bits per heavy atom. The Hall–Kier alpha value is -1.36. The van der Waals surface area contributed by atoms with E-state index in [2.05, 4.69) is 24.3 Å². The van der Waals surface area contributed by atoms with Gasteiger partial charge in [-0.05, 0) is 19.9 Å². The molecule has 0 saturated heterocycles. The molecule has 1 aromatic rings. The van der Waals surface area contributed by atoms with Crippen LogP contribution in [-0.4, -0.2) is 35.6 Å². The summed E-state index contributed by atoms with van der Waals surface area (Å²) in [4.78, 5) is 14.1. The van der Waals surface area contributed by atoms with E-state index in [0.29, 0.717) is 25.0 Å². The number of amides is 1. The first kappa shape index (κ1) is 17.0. The normalized spacial score (nSPS) is 17.0. The van der Waals surface area contributed by atoms with E-state index in [9.17, 15) is 4.79 Å².